The zero-order valence-electron chi connectivity index (χ0n) is 16.5. The Labute approximate surface area is 180 Å². The van der Waals surface area contributed by atoms with Crippen LogP contribution in [0.3, 0.4) is 0 Å². The average molecular weight is 441 g/mol. The van der Waals surface area contributed by atoms with E-state index < -0.39 is 0 Å². The minimum Gasteiger partial charge on any atom is -0.352 e. The topological polar surface area (TPSA) is 73.0 Å². The summed E-state index contributed by atoms with van der Waals surface area (Å²) in [5.41, 5.74) is 0.444. The van der Waals surface area contributed by atoms with E-state index >= 15 is 0 Å². The highest BCUT2D eigenvalue weighted by Crippen LogP contribution is 2.22. The van der Waals surface area contributed by atoms with Gasteiger partial charge in [0.1, 0.15) is 0 Å². The summed E-state index contributed by atoms with van der Waals surface area (Å²) in [6.45, 7) is 5.62. The summed E-state index contributed by atoms with van der Waals surface area (Å²) >= 11 is 12.0. The van der Waals surface area contributed by atoms with Crippen molar-refractivity contribution in [2.24, 2.45) is 0 Å². The fourth-order valence-corrected chi connectivity index (χ4v) is 4.25. The third-order valence-corrected chi connectivity index (χ3v) is 6.04. The summed E-state index contributed by atoms with van der Waals surface area (Å²) in [7, 11) is 0. The normalized spacial score (nSPS) is 18.6. The largest absolute Gasteiger partial charge is 0.352 e. The molecule has 2 aliphatic rings. The average Bonchev–Trinajstić information content (AvgIpc) is 2.68. The molecule has 9 heteroatoms. The highest BCUT2D eigenvalue weighted by molar-refractivity contribution is 6.36. The van der Waals surface area contributed by atoms with Crippen LogP contribution in [0.4, 0.5) is 0 Å². The Kier molecular flexibility index (Phi) is 7.38. The van der Waals surface area contributed by atoms with Crippen LogP contribution in [-0.4, -0.2) is 84.3 Å². The second kappa shape index (κ2) is 9.78. The molecule has 2 saturated heterocycles. The van der Waals surface area contributed by atoms with Crippen LogP contribution in [0.2, 0.25) is 10.0 Å². The number of rotatable bonds is 4. The van der Waals surface area contributed by atoms with E-state index in [4.69, 9.17) is 23.2 Å². The summed E-state index contributed by atoms with van der Waals surface area (Å²) < 4.78 is 0. The Morgan fingerprint density at radius 2 is 1.66 bits per heavy atom. The van der Waals surface area contributed by atoms with Gasteiger partial charge in [-0.15, -0.1) is 0 Å². The molecule has 1 aromatic carbocycles. The molecule has 3 amide bonds. The quantitative estimate of drug-likeness (QED) is 0.775. The minimum atomic E-state index is -0.118. The summed E-state index contributed by atoms with van der Waals surface area (Å²) in [6.07, 6.45) is 1.57. The molecule has 0 spiro atoms. The van der Waals surface area contributed by atoms with Crippen LogP contribution in [0.1, 0.15) is 30.1 Å². The van der Waals surface area contributed by atoms with Crippen LogP contribution in [0, 0.1) is 0 Å². The van der Waals surface area contributed by atoms with Crippen molar-refractivity contribution in [1.29, 1.82) is 0 Å². The molecule has 1 aromatic rings. The van der Waals surface area contributed by atoms with Gasteiger partial charge < -0.3 is 15.1 Å². The first-order chi connectivity index (χ1) is 13.8. The number of halogens is 2. The molecular weight excluding hydrogens is 415 g/mol. The number of hydrogen-bond donors (Lipinski definition) is 1. The van der Waals surface area contributed by atoms with E-state index in [-0.39, 0.29) is 23.8 Å². The zero-order valence-corrected chi connectivity index (χ0v) is 18.0. The predicted octanol–water partition coefficient (Wildman–Crippen LogP) is 1.88. The number of piperidine rings is 1. The standard InChI is InChI=1S/C20H26Cl2N4O3/c1-14(27)25-6-4-16(5-7-25)23-19(28)13-24-8-10-26(11-9-24)20(29)17-3-2-15(21)12-18(17)22/h2-3,12,16H,4-11,13H2,1H3,(H,23,28). The van der Waals surface area contributed by atoms with Gasteiger partial charge in [-0.1, -0.05) is 23.2 Å². The molecule has 0 aliphatic carbocycles. The number of carbonyl (C=O) groups is 3. The van der Waals surface area contributed by atoms with Crippen molar-refractivity contribution in [3.63, 3.8) is 0 Å². The molecule has 2 aliphatic heterocycles. The lowest BCUT2D eigenvalue weighted by Crippen LogP contribution is -2.53. The van der Waals surface area contributed by atoms with Crippen molar-refractivity contribution in [3.8, 4) is 0 Å². The number of carbonyl (C=O) groups excluding carboxylic acids is 3. The number of hydrogen-bond acceptors (Lipinski definition) is 4. The Bertz CT molecular complexity index is 773. The smallest absolute Gasteiger partial charge is 0.255 e. The van der Waals surface area contributed by atoms with Crippen molar-refractivity contribution in [1.82, 2.24) is 20.0 Å². The molecule has 0 aromatic heterocycles. The van der Waals surface area contributed by atoms with Crippen molar-refractivity contribution in [2.75, 3.05) is 45.8 Å². The first-order valence-corrected chi connectivity index (χ1v) is 10.6. The summed E-state index contributed by atoms with van der Waals surface area (Å²) in [5, 5.41) is 3.91. The molecular formula is C20H26Cl2N4O3. The second-order valence-electron chi connectivity index (χ2n) is 7.54. The van der Waals surface area contributed by atoms with E-state index in [0.29, 0.717) is 61.4 Å². The van der Waals surface area contributed by atoms with Gasteiger partial charge in [0.15, 0.2) is 0 Å². The molecule has 1 N–H and O–H groups in total. The van der Waals surface area contributed by atoms with Gasteiger partial charge in [-0.2, -0.15) is 0 Å². The summed E-state index contributed by atoms with van der Waals surface area (Å²) in [5.74, 6) is -0.0399. The van der Waals surface area contributed by atoms with Gasteiger partial charge in [-0.3, -0.25) is 19.3 Å². The molecule has 29 heavy (non-hydrogen) atoms. The van der Waals surface area contributed by atoms with Crippen LogP contribution in [0.5, 0.6) is 0 Å². The molecule has 2 heterocycles. The molecule has 0 radical (unpaired) electrons. The molecule has 158 valence electrons. The molecule has 2 fully saturated rings. The Balaban J connectivity index is 1.42. The number of amides is 3. The Morgan fingerprint density at radius 3 is 2.24 bits per heavy atom. The van der Waals surface area contributed by atoms with E-state index in [0.717, 1.165) is 12.8 Å². The fraction of sp³-hybridized carbons (Fsp3) is 0.550. The number of nitrogens with one attached hydrogen (secondary N) is 1. The van der Waals surface area contributed by atoms with E-state index in [1.54, 1.807) is 30.0 Å². The third kappa shape index (κ3) is 5.84. The lowest BCUT2D eigenvalue weighted by atomic mass is 10.1. The maximum Gasteiger partial charge on any atom is 0.255 e. The van der Waals surface area contributed by atoms with Crippen molar-refractivity contribution in [2.45, 2.75) is 25.8 Å². The van der Waals surface area contributed by atoms with Gasteiger partial charge in [-0.25, -0.2) is 0 Å². The first kappa shape index (κ1) is 21.9. The van der Waals surface area contributed by atoms with Gasteiger partial charge in [-0.05, 0) is 31.0 Å². The fourth-order valence-electron chi connectivity index (χ4n) is 3.76. The highest BCUT2D eigenvalue weighted by atomic mass is 35.5. The van der Waals surface area contributed by atoms with E-state index in [9.17, 15) is 14.4 Å². The van der Waals surface area contributed by atoms with E-state index in [1.807, 2.05) is 9.80 Å². The summed E-state index contributed by atoms with van der Waals surface area (Å²) in [6, 6.07) is 4.98. The van der Waals surface area contributed by atoms with Crippen molar-refractivity contribution in [3.05, 3.63) is 33.8 Å². The lowest BCUT2D eigenvalue weighted by Gasteiger charge is -2.35. The third-order valence-electron chi connectivity index (χ3n) is 5.49. The van der Waals surface area contributed by atoms with Crippen LogP contribution in [-0.2, 0) is 9.59 Å². The Morgan fingerprint density at radius 1 is 1.00 bits per heavy atom. The second-order valence-corrected chi connectivity index (χ2v) is 8.38. The molecule has 3 rings (SSSR count). The number of nitrogens with zero attached hydrogens (tertiary/aromatic N) is 3. The van der Waals surface area contributed by atoms with Crippen molar-refractivity contribution < 1.29 is 14.4 Å². The maximum absolute atomic E-state index is 12.7. The van der Waals surface area contributed by atoms with Gasteiger partial charge in [0.2, 0.25) is 11.8 Å². The highest BCUT2D eigenvalue weighted by Gasteiger charge is 2.26. The van der Waals surface area contributed by atoms with Gasteiger partial charge in [0, 0.05) is 57.3 Å². The predicted molar refractivity (Wildman–Crippen MR) is 112 cm³/mol. The van der Waals surface area contributed by atoms with Crippen LogP contribution >= 0.6 is 23.2 Å². The van der Waals surface area contributed by atoms with E-state index in [1.165, 1.54) is 0 Å². The molecule has 0 unspecified atom stereocenters. The van der Waals surface area contributed by atoms with Crippen LogP contribution in [0.15, 0.2) is 18.2 Å². The first-order valence-electron chi connectivity index (χ1n) is 9.85. The van der Waals surface area contributed by atoms with Crippen LogP contribution in [0.25, 0.3) is 0 Å². The van der Waals surface area contributed by atoms with Gasteiger partial charge in [0.05, 0.1) is 17.1 Å². The molecule has 0 atom stereocenters. The zero-order chi connectivity index (χ0) is 21.0. The molecule has 0 bridgehead atoms. The maximum atomic E-state index is 12.7. The van der Waals surface area contributed by atoms with Crippen molar-refractivity contribution >= 4 is 40.9 Å². The number of likely N-dealkylation sites (tertiary alicyclic amines) is 1. The molecule has 7 nitrogen and oxygen atoms in total. The number of piperazine rings is 1. The van der Waals surface area contributed by atoms with Gasteiger partial charge >= 0.3 is 0 Å². The number of benzene rings is 1. The van der Waals surface area contributed by atoms with E-state index in [2.05, 4.69) is 5.32 Å². The monoisotopic (exact) mass is 440 g/mol. The van der Waals surface area contributed by atoms with Crippen LogP contribution < -0.4 is 5.32 Å². The summed E-state index contributed by atoms with van der Waals surface area (Å²) in [4.78, 5) is 42.0. The SMILES string of the molecule is CC(=O)N1CCC(NC(=O)CN2CCN(C(=O)c3ccc(Cl)cc3Cl)CC2)CC1. The Hall–Kier alpha value is -1.83. The van der Waals surface area contributed by atoms with Gasteiger partial charge in [0.25, 0.3) is 5.91 Å². The molecule has 0 saturated carbocycles. The minimum absolute atomic E-state index is 0.00760. The lowest BCUT2D eigenvalue weighted by molar-refractivity contribution is -0.130.